The van der Waals surface area contributed by atoms with E-state index in [-0.39, 0.29) is 24.3 Å². The molecule has 0 saturated carbocycles. The van der Waals surface area contributed by atoms with E-state index in [0.717, 1.165) is 77.7 Å². The number of likely N-dealkylation sites (N-methyl/N-ethyl adjacent to an activating group) is 1. The van der Waals surface area contributed by atoms with Crippen molar-refractivity contribution in [3.8, 4) is 0 Å². The van der Waals surface area contributed by atoms with E-state index in [4.69, 9.17) is 9.47 Å². The quantitative estimate of drug-likeness (QED) is 0.271. The molecule has 2 rings (SSSR count). The second kappa shape index (κ2) is 11.9. The molecule has 0 aliphatic carbocycles. The number of rotatable bonds is 7. The molecular formula is C19H35N5O4. The van der Waals surface area contributed by atoms with E-state index in [9.17, 15) is 9.59 Å². The summed E-state index contributed by atoms with van der Waals surface area (Å²) in [5.74, 6) is 0.532. The maximum atomic E-state index is 11.9. The molecule has 2 fully saturated rings. The van der Waals surface area contributed by atoms with Crippen LogP contribution < -0.4 is 5.32 Å². The number of methoxy groups -OCH3 is 1. The number of carbonyl (C=O) groups excluding carboxylic acids is 2. The molecule has 0 bridgehead atoms. The summed E-state index contributed by atoms with van der Waals surface area (Å²) >= 11 is 0. The monoisotopic (exact) mass is 397 g/mol. The third kappa shape index (κ3) is 7.27. The number of ether oxygens (including phenoxy) is 2. The van der Waals surface area contributed by atoms with E-state index in [1.54, 1.807) is 19.0 Å². The number of hydrogen-bond donors (Lipinski definition) is 1. The van der Waals surface area contributed by atoms with Crippen molar-refractivity contribution in [3.63, 3.8) is 0 Å². The highest BCUT2D eigenvalue weighted by Gasteiger charge is 2.27. The normalized spacial score (nSPS) is 19.4. The van der Waals surface area contributed by atoms with Crippen molar-refractivity contribution in [2.75, 3.05) is 80.2 Å². The molecular weight excluding hydrogens is 362 g/mol. The Morgan fingerprint density at radius 1 is 1.18 bits per heavy atom. The predicted octanol–water partition coefficient (Wildman–Crippen LogP) is -0.372. The average molecular weight is 398 g/mol. The summed E-state index contributed by atoms with van der Waals surface area (Å²) < 4.78 is 10.2. The summed E-state index contributed by atoms with van der Waals surface area (Å²) in [6.45, 7) is 6.97. The highest BCUT2D eigenvalue weighted by Crippen LogP contribution is 2.18. The van der Waals surface area contributed by atoms with E-state index < -0.39 is 0 Å². The van der Waals surface area contributed by atoms with Gasteiger partial charge in [0.25, 0.3) is 0 Å². The highest BCUT2D eigenvalue weighted by atomic mass is 16.5. The number of nitrogens with zero attached hydrogens (tertiary/aromatic N) is 4. The van der Waals surface area contributed by atoms with Gasteiger partial charge in [0.1, 0.15) is 6.54 Å². The van der Waals surface area contributed by atoms with Gasteiger partial charge in [-0.05, 0) is 25.8 Å². The molecule has 28 heavy (non-hydrogen) atoms. The Bertz CT molecular complexity index is 526. The Morgan fingerprint density at radius 2 is 1.86 bits per heavy atom. The zero-order chi connectivity index (χ0) is 20.4. The third-order valence-electron chi connectivity index (χ3n) is 5.23. The van der Waals surface area contributed by atoms with Crippen molar-refractivity contribution in [2.24, 2.45) is 10.9 Å². The Kier molecular flexibility index (Phi) is 9.49. The molecule has 2 heterocycles. The van der Waals surface area contributed by atoms with E-state index >= 15 is 0 Å². The van der Waals surface area contributed by atoms with Crippen molar-refractivity contribution < 1.29 is 19.1 Å². The standard InChI is InChI=1S/C19H35N5O4/c1-22(2)17(25)15-21-19(20-7-4-8-23-11-13-28-14-12-23)24-9-5-16(6-10-24)18(26)27-3/h16H,4-15H2,1-3H3,(H,20,21). The molecule has 9 nitrogen and oxygen atoms in total. The van der Waals surface area contributed by atoms with E-state index in [1.165, 1.54) is 7.11 Å². The van der Waals surface area contributed by atoms with Gasteiger partial charge in [0, 0.05) is 46.8 Å². The topological polar surface area (TPSA) is 86.7 Å². The number of hydrogen-bond acceptors (Lipinski definition) is 6. The number of carbonyl (C=O) groups is 2. The number of guanidine groups is 1. The van der Waals surface area contributed by atoms with Crippen LogP contribution in [-0.2, 0) is 19.1 Å². The van der Waals surface area contributed by atoms with Gasteiger partial charge < -0.3 is 24.6 Å². The summed E-state index contributed by atoms with van der Waals surface area (Å²) in [5.41, 5.74) is 0. The summed E-state index contributed by atoms with van der Waals surface area (Å²) in [6, 6.07) is 0. The molecule has 0 aromatic carbocycles. The van der Waals surface area contributed by atoms with Crippen molar-refractivity contribution in [2.45, 2.75) is 19.3 Å². The van der Waals surface area contributed by atoms with Crippen LogP contribution in [-0.4, -0.2) is 113 Å². The van der Waals surface area contributed by atoms with Crippen LogP contribution in [0.3, 0.4) is 0 Å². The van der Waals surface area contributed by atoms with E-state index in [0.29, 0.717) is 0 Å². The van der Waals surface area contributed by atoms with Gasteiger partial charge in [-0.15, -0.1) is 0 Å². The number of amides is 1. The van der Waals surface area contributed by atoms with Crippen molar-refractivity contribution in [1.82, 2.24) is 20.0 Å². The second-order valence-corrected chi connectivity index (χ2v) is 7.45. The minimum absolute atomic E-state index is 0.0305. The average Bonchev–Trinajstić information content (AvgIpc) is 2.73. The van der Waals surface area contributed by atoms with Gasteiger partial charge in [-0.25, -0.2) is 4.99 Å². The number of likely N-dealkylation sites (tertiary alicyclic amines) is 1. The molecule has 0 atom stereocenters. The summed E-state index contributed by atoms with van der Waals surface area (Å²) in [6.07, 6.45) is 2.48. The molecule has 1 N–H and O–H groups in total. The SMILES string of the molecule is COC(=O)C1CCN(C(=NCC(=O)N(C)C)NCCCN2CCOCC2)CC1. The van der Waals surface area contributed by atoms with Gasteiger partial charge >= 0.3 is 5.97 Å². The van der Waals surface area contributed by atoms with Gasteiger partial charge in [-0.3, -0.25) is 14.5 Å². The minimum Gasteiger partial charge on any atom is -0.469 e. The first-order chi connectivity index (χ1) is 13.5. The van der Waals surface area contributed by atoms with Crippen LogP contribution in [0.4, 0.5) is 0 Å². The lowest BCUT2D eigenvalue weighted by Gasteiger charge is -2.33. The summed E-state index contributed by atoms with van der Waals surface area (Å²) in [7, 11) is 4.90. The van der Waals surface area contributed by atoms with Gasteiger partial charge in [0.05, 0.1) is 26.2 Å². The molecule has 2 saturated heterocycles. The molecule has 0 unspecified atom stereocenters. The first-order valence-electron chi connectivity index (χ1n) is 10.1. The third-order valence-corrected chi connectivity index (χ3v) is 5.23. The van der Waals surface area contributed by atoms with E-state index in [2.05, 4.69) is 20.1 Å². The molecule has 160 valence electrons. The zero-order valence-electron chi connectivity index (χ0n) is 17.5. The van der Waals surface area contributed by atoms with Crippen molar-refractivity contribution in [1.29, 1.82) is 0 Å². The minimum atomic E-state index is -0.139. The Hall–Kier alpha value is -1.87. The van der Waals surface area contributed by atoms with Crippen molar-refractivity contribution in [3.05, 3.63) is 0 Å². The fourth-order valence-electron chi connectivity index (χ4n) is 3.37. The zero-order valence-corrected chi connectivity index (χ0v) is 17.5. The number of morpholine rings is 1. The Balaban J connectivity index is 1.85. The lowest BCUT2D eigenvalue weighted by Crippen LogP contribution is -2.47. The van der Waals surface area contributed by atoms with Crippen LogP contribution in [0.1, 0.15) is 19.3 Å². The highest BCUT2D eigenvalue weighted by molar-refractivity contribution is 5.85. The van der Waals surface area contributed by atoms with Gasteiger partial charge in [-0.1, -0.05) is 0 Å². The maximum Gasteiger partial charge on any atom is 0.308 e. The van der Waals surface area contributed by atoms with Gasteiger partial charge in [-0.2, -0.15) is 0 Å². The summed E-state index contributed by atoms with van der Waals surface area (Å²) in [4.78, 5) is 34.3. The maximum absolute atomic E-state index is 11.9. The number of piperidine rings is 1. The number of esters is 1. The van der Waals surface area contributed by atoms with Crippen LogP contribution in [0.5, 0.6) is 0 Å². The van der Waals surface area contributed by atoms with Crippen LogP contribution >= 0.6 is 0 Å². The van der Waals surface area contributed by atoms with Crippen LogP contribution in [0, 0.1) is 5.92 Å². The van der Waals surface area contributed by atoms with Gasteiger partial charge in [0.2, 0.25) is 5.91 Å². The van der Waals surface area contributed by atoms with E-state index in [1.807, 2.05) is 0 Å². The molecule has 0 aromatic heterocycles. The lowest BCUT2D eigenvalue weighted by molar-refractivity contribution is -0.146. The Labute approximate surface area is 168 Å². The van der Waals surface area contributed by atoms with Crippen molar-refractivity contribution >= 4 is 17.8 Å². The molecule has 2 aliphatic heterocycles. The molecule has 1 amide bonds. The first kappa shape index (κ1) is 22.4. The Morgan fingerprint density at radius 3 is 2.46 bits per heavy atom. The molecule has 0 aromatic rings. The largest absolute Gasteiger partial charge is 0.469 e. The predicted molar refractivity (Wildman–Crippen MR) is 107 cm³/mol. The van der Waals surface area contributed by atoms with Gasteiger partial charge in [0.15, 0.2) is 5.96 Å². The fourth-order valence-corrected chi connectivity index (χ4v) is 3.37. The molecule has 0 spiro atoms. The fraction of sp³-hybridized carbons (Fsp3) is 0.842. The first-order valence-corrected chi connectivity index (χ1v) is 10.1. The number of nitrogens with one attached hydrogen (secondary N) is 1. The molecule has 9 heteroatoms. The molecule has 2 aliphatic rings. The second-order valence-electron chi connectivity index (χ2n) is 7.45. The summed E-state index contributed by atoms with van der Waals surface area (Å²) in [5, 5.41) is 3.41. The number of aliphatic imine (C=N–C) groups is 1. The van der Waals surface area contributed by atoms with Crippen LogP contribution in [0.2, 0.25) is 0 Å². The van der Waals surface area contributed by atoms with Crippen LogP contribution in [0.25, 0.3) is 0 Å². The smallest absolute Gasteiger partial charge is 0.308 e. The lowest BCUT2D eigenvalue weighted by atomic mass is 9.97. The van der Waals surface area contributed by atoms with Crippen LogP contribution in [0.15, 0.2) is 4.99 Å². The molecule has 0 radical (unpaired) electrons.